The largest absolute Gasteiger partial charge is 0.325 e. The molecule has 0 unspecified atom stereocenters. The Hall–Kier alpha value is -1.19. The Kier molecular flexibility index (Phi) is 8.99. The third kappa shape index (κ3) is 5.65. The normalized spacial score (nSPS) is 18.4. The number of carbonyl (C=O) groups is 1. The monoisotopic (exact) mass is 404 g/mol. The van der Waals surface area contributed by atoms with E-state index < -0.39 is 10.0 Å². The number of piperazine rings is 1. The maximum Gasteiger partial charge on any atom is 0.243 e. The molecule has 1 heterocycles. The molecule has 0 saturated carbocycles. The van der Waals surface area contributed by atoms with Gasteiger partial charge in [0.1, 0.15) is 0 Å². The van der Waals surface area contributed by atoms with Crippen molar-refractivity contribution in [1.82, 2.24) is 14.5 Å². The molecule has 1 aliphatic heterocycles. The second-order valence-corrected chi connectivity index (χ2v) is 8.13. The fourth-order valence-corrected chi connectivity index (χ4v) is 4.45. The van der Waals surface area contributed by atoms with Crippen LogP contribution >= 0.6 is 12.4 Å². The van der Waals surface area contributed by atoms with Gasteiger partial charge in [-0.1, -0.05) is 19.9 Å². The number of rotatable bonds is 7. The van der Waals surface area contributed by atoms with Crippen molar-refractivity contribution in [2.24, 2.45) is 0 Å². The van der Waals surface area contributed by atoms with Gasteiger partial charge in [-0.15, -0.1) is 12.4 Å². The highest BCUT2D eigenvalue weighted by molar-refractivity contribution is 7.89. The van der Waals surface area contributed by atoms with Crippen LogP contribution in [0.25, 0.3) is 0 Å². The molecule has 2 rings (SSSR count). The molecule has 0 aliphatic carbocycles. The van der Waals surface area contributed by atoms with Crippen LogP contribution in [0.5, 0.6) is 0 Å². The molecule has 1 aromatic rings. The molecule has 0 spiro atoms. The first kappa shape index (κ1) is 22.9. The summed E-state index contributed by atoms with van der Waals surface area (Å²) < 4.78 is 26.6. The third-order valence-corrected chi connectivity index (χ3v) is 6.49. The minimum absolute atomic E-state index is 0. The molecule has 9 heteroatoms. The number of halogens is 1. The fourth-order valence-electron chi connectivity index (χ4n) is 2.95. The zero-order valence-corrected chi connectivity index (χ0v) is 17.2. The second-order valence-electron chi connectivity index (χ2n) is 6.19. The van der Waals surface area contributed by atoms with Crippen molar-refractivity contribution in [3.05, 3.63) is 24.3 Å². The van der Waals surface area contributed by atoms with Gasteiger partial charge in [0.25, 0.3) is 0 Å². The van der Waals surface area contributed by atoms with E-state index >= 15 is 0 Å². The number of hydrogen-bond donors (Lipinski definition) is 2. The summed E-state index contributed by atoms with van der Waals surface area (Å²) in [6.07, 6.45) is 0. The summed E-state index contributed by atoms with van der Waals surface area (Å²) in [5, 5.41) is 6.10. The van der Waals surface area contributed by atoms with E-state index in [1.54, 1.807) is 32.0 Å². The first-order valence-electron chi connectivity index (χ1n) is 8.73. The Bertz CT molecular complexity index is 695. The Morgan fingerprint density at radius 1 is 1.35 bits per heavy atom. The summed E-state index contributed by atoms with van der Waals surface area (Å²) in [5.41, 5.74) is 0.501. The topological polar surface area (TPSA) is 81.8 Å². The van der Waals surface area contributed by atoms with Gasteiger partial charge in [0.15, 0.2) is 0 Å². The van der Waals surface area contributed by atoms with Crippen molar-refractivity contribution in [2.45, 2.75) is 31.7 Å². The molecular weight excluding hydrogens is 376 g/mol. The van der Waals surface area contributed by atoms with Gasteiger partial charge in [0.05, 0.1) is 11.4 Å². The van der Waals surface area contributed by atoms with Gasteiger partial charge in [0, 0.05) is 44.5 Å². The van der Waals surface area contributed by atoms with Gasteiger partial charge in [0.2, 0.25) is 15.9 Å². The van der Waals surface area contributed by atoms with Crippen LogP contribution in [0.2, 0.25) is 0 Å². The standard InChI is InChI=1S/C17H28N4O3S.ClH/c1-4-21(5-2)25(23,24)16-8-6-7-15(11-16)19-17(22)13-20-10-9-18-12-14(20)3;/h6-8,11,14,18H,4-5,9-10,12-13H2,1-3H3,(H,19,22);1H/t14-;/m0./s1. The third-order valence-electron chi connectivity index (χ3n) is 4.45. The zero-order chi connectivity index (χ0) is 18.4. The first-order chi connectivity index (χ1) is 11.9. The summed E-state index contributed by atoms with van der Waals surface area (Å²) in [6, 6.07) is 6.74. The average Bonchev–Trinajstić information content (AvgIpc) is 2.58. The number of nitrogens with one attached hydrogen (secondary N) is 2. The van der Waals surface area contributed by atoms with E-state index in [4.69, 9.17) is 0 Å². The lowest BCUT2D eigenvalue weighted by molar-refractivity contribution is -0.118. The van der Waals surface area contributed by atoms with Crippen molar-refractivity contribution in [3.63, 3.8) is 0 Å². The fraction of sp³-hybridized carbons (Fsp3) is 0.588. The summed E-state index contributed by atoms with van der Waals surface area (Å²) in [4.78, 5) is 14.6. The van der Waals surface area contributed by atoms with Crippen molar-refractivity contribution in [3.8, 4) is 0 Å². The lowest BCUT2D eigenvalue weighted by Crippen LogP contribution is -2.51. The van der Waals surface area contributed by atoms with Gasteiger partial charge in [-0.25, -0.2) is 8.42 Å². The van der Waals surface area contributed by atoms with E-state index in [2.05, 4.69) is 22.5 Å². The molecule has 26 heavy (non-hydrogen) atoms. The molecule has 0 radical (unpaired) electrons. The number of benzene rings is 1. The van der Waals surface area contributed by atoms with E-state index in [1.165, 1.54) is 10.4 Å². The average molecular weight is 405 g/mol. The number of carbonyl (C=O) groups excluding carboxylic acids is 1. The van der Waals surface area contributed by atoms with E-state index in [1.807, 2.05) is 0 Å². The maximum absolute atomic E-state index is 12.6. The maximum atomic E-state index is 12.6. The summed E-state index contributed by atoms with van der Waals surface area (Å²) in [5.74, 6) is -0.133. The SMILES string of the molecule is CCN(CC)S(=O)(=O)c1cccc(NC(=O)CN2CCNC[C@@H]2C)c1.Cl. The Morgan fingerprint density at radius 3 is 2.65 bits per heavy atom. The molecule has 148 valence electrons. The molecule has 1 amide bonds. The molecule has 0 bridgehead atoms. The van der Waals surface area contributed by atoms with Crippen LogP contribution in [0.3, 0.4) is 0 Å². The van der Waals surface area contributed by atoms with Crippen LogP contribution in [0, 0.1) is 0 Å². The quantitative estimate of drug-likeness (QED) is 0.717. The molecule has 0 aromatic heterocycles. The van der Waals surface area contributed by atoms with Crippen molar-refractivity contribution in [2.75, 3.05) is 44.6 Å². The van der Waals surface area contributed by atoms with E-state index in [9.17, 15) is 13.2 Å². The lowest BCUT2D eigenvalue weighted by atomic mass is 10.2. The van der Waals surface area contributed by atoms with E-state index in [0.29, 0.717) is 31.4 Å². The zero-order valence-electron chi connectivity index (χ0n) is 15.6. The van der Waals surface area contributed by atoms with Crippen LogP contribution in [-0.2, 0) is 14.8 Å². The highest BCUT2D eigenvalue weighted by atomic mass is 35.5. The summed E-state index contributed by atoms with van der Waals surface area (Å²) in [6.45, 7) is 9.38. The molecule has 7 nitrogen and oxygen atoms in total. The van der Waals surface area contributed by atoms with Gasteiger partial charge >= 0.3 is 0 Å². The van der Waals surface area contributed by atoms with Crippen LogP contribution < -0.4 is 10.6 Å². The minimum Gasteiger partial charge on any atom is -0.325 e. The first-order valence-corrected chi connectivity index (χ1v) is 10.2. The number of sulfonamides is 1. The number of amides is 1. The Labute approximate surface area is 162 Å². The van der Waals surface area contributed by atoms with Gasteiger partial charge in [-0.05, 0) is 25.1 Å². The number of hydrogen-bond acceptors (Lipinski definition) is 5. The van der Waals surface area contributed by atoms with Gasteiger partial charge in [-0.2, -0.15) is 4.31 Å². The van der Waals surface area contributed by atoms with Gasteiger partial charge in [-0.3, -0.25) is 9.69 Å². The van der Waals surface area contributed by atoms with Gasteiger partial charge < -0.3 is 10.6 Å². The molecule has 1 atom stereocenters. The van der Waals surface area contributed by atoms with Crippen LogP contribution in [0.1, 0.15) is 20.8 Å². The number of anilines is 1. The predicted octanol–water partition coefficient (Wildman–Crippen LogP) is 1.37. The molecule has 1 aliphatic rings. The summed E-state index contributed by atoms with van der Waals surface area (Å²) >= 11 is 0. The highest BCUT2D eigenvalue weighted by Gasteiger charge is 2.23. The smallest absolute Gasteiger partial charge is 0.243 e. The van der Waals surface area contributed by atoms with Crippen LogP contribution in [0.4, 0.5) is 5.69 Å². The van der Waals surface area contributed by atoms with Crippen LogP contribution in [0.15, 0.2) is 29.2 Å². The number of nitrogens with zero attached hydrogens (tertiary/aromatic N) is 2. The Balaban J connectivity index is 0.00000338. The van der Waals surface area contributed by atoms with E-state index in [0.717, 1.165) is 19.6 Å². The predicted molar refractivity (Wildman–Crippen MR) is 106 cm³/mol. The van der Waals surface area contributed by atoms with E-state index in [-0.39, 0.29) is 23.2 Å². The molecule has 1 saturated heterocycles. The van der Waals surface area contributed by atoms with Crippen molar-refractivity contribution >= 4 is 34.0 Å². The lowest BCUT2D eigenvalue weighted by Gasteiger charge is -2.33. The second kappa shape index (κ2) is 10.2. The minimum atomic E-state index is -3.53. The summed E-state index contributed by atoms with van der Waals surface area (Å²) in [7, 11) is -3.53. The Morgan fingerprint density at radius 2 is 2.04 bits per heavy atom. The molecule has 1 fully saturated rings. The molecular formula is C17H29ClN4O3S. The van der Waals surface area contributed by atoms with Crippen LogP contribution in [-0.4, -0.2) is 68.8 Å². The molecule has 2 N–H and O–H groups in total. The highest BCUT2D eigenvalue weighted by Crippen LogP contribution is 2.19. The molecule has 1 aromatic carbocycles. The van der Waals surface area contributed by atoms with Crippen molar-refractivity contribution in [1.29, 1.82) is 0 Å². The van der Waals surface area contributed by atoms with Crippen molar-refractivity contribution < 1.29 is 13.2 Å².